The Morgan fingerprint density at radius 3 is 2.60 bits per heavy atom. The molecule has 1 N–H and O–H groups in total. The maximum atomic E-state index is 12.2. The number of hydrogen-bond acceptors (Lipinski definition) is 2. The van der Waals surface area contributed by atoms with Crippen LogP contribution in [0.2, 0.25) is 0 Å². The fourth-order valence-electron chi connectivity index (χ4n) is 3.08. The van der Waals surface area contributed by atoms with Crippen molar-refractivity contribution in [3.63, 3.8) is 0 Å². The van der Waals surface area contributed by atoms with Crippen molar-refractivity contribution in [3.05, 3.63) is 52.1 Å². The Hall–Kier alpha value is -1.90. The third kappa shape index (κ3) is 2.40. The molecule has 1 aliphatic carbocycles. The molecule has 2 unspecified atom stereocenters. The summed E-state index contributed by atoms with van der Waals surface area (Å²) in [7, 11) is 0. The van der Waals surface area contributed by atoms with E-state index in [0.29, 0.717) is 11.5 Å². The predicted octanol–water partition coefficient (Wildman–Crippen LogP) is 3.65. The van der Waals surface area contributed by atoms with Gasteiger partial charge in [0.1, 0.15) is 5.82 Å². The van der Waals surface area contributed by atoms with Crippen LogP contribution in [-0.4, -0.2) is 9.97 Å². The fraction of sp³-hybridized carbons (Fsp3) is 0.412. The Labute approximate surface area is 119 Å². The minimum atomic E-state index is -0.00611. The normalized spacial score (nSPS) is 22.1. The molecule has 1 heterocycles. The van der Waals surface area contributed by atoms with E-state index in [-0.39, 0.29) is 5.56 Å². The van der Waals surface area contributed by atoms with Crippen LogP contribution < -0.4 is 5.56 Å². The smallest absolute Gasteiger partial charge is 0.254 e. The zero-order valence-corrected chi connectivity index (χ0v) is 12.0. The van der Waals surface area contributed by atoms with Gasteiger partial charge in [-0.2, -0.15) is 0 Å². The average molecular weight is 268 g/mol. The lowest BCUT2D eigenvalue weighted by molar-refractivity contribution is 0.584. The van der Waals surface area contributed by atoms with Gasteiger partial charge in [0.15, 0.2) is 0 Å². The second-order valence-corrected chi connectivity index (χ2v) is 5.91. The van der Waals surface area contributed by atoms with Crippen molar-refractivity contribution in [3.8, 4) is 11.3 Å². The molecule has 1 aromatic heterocycles. The summed E-state index contributed by atoms with van der Waals surface area (Å²) in [5.41, 5.74) is 2.53. The Morgan fingerprint density at radius 2 is 1.95 bits per heavy atom. The molecule has 1 aromatic carbocycles. The number of H-pyrrole nitrogens is 1. The van der Waals surface area contributed by atoms with Crippen LogP contribution in [-0.2, 0) is 0 Å². The van der Waals surface area contributed by atoms with Crippen molar-refractivity contribution in [1.82, 2.24) is 9.97 Å². The monoisotopic (exact) mass is 268 g/mol. The summed E-state index contributed by atoms with van der Waals surface area (Å²) >= 11 is 0. The van der Waals surface area contributed by atoms with Gasteiger partial charge < -0.3 is 4.98 Å². The van der Waals surface area contributed by atoms with Gasteiger partial charge in [-0.1, -0.05) is 37.3 Å². The van der Waals surface area contributed by atoms with Crippen LogP contribution >= 0.6 is 0 Å². The van der Waals surface area contributed by atoms with Crippen molar-refractivity contribution < 1.29 is 0 Å². The Morgan fingerprint density at radius 1 is 1.20 bits per heavy atom. The van der Waals surface area contributed by atoms with E-state index in [9.17, 15) is 4.79 Å². The molecule has 0 spiro atoms. The Kier molecular flexibility index (Phi) is 3.43. The summed E-state index contributed by atoms with van der Waals surface area (Å²) in [6.45, 7) is 4.11. The second-order valence-electron chi connectivity index (χ2n) is 5.91. The number of nitrogens with zero attached hydrogens (tertiary/aromatic N) is 1. The van der Waals surface area contributed by atoms with E-state index in [0.717, 1.165) is 35.8 Å². The van der Waals surface area contributed by atoms with Crippen molar-refractivity contribution in [2.75, 3.05) is 0 Å². The second kappa shape index (κ2) is 5.23. The molecule has 1 saturated carbocycles. The van der Waals surface area contributed by atoms with Crippen LogP contribution in [0, 0.1) is 12.8 Å². The van der Waals surface area contributed by atoms with E-state index in [4.69, 9.17) is 4.98 Å². The molecular weight excluding hydrogens is 248 g/mol. The highest BCUT2D eigenvalue weighted by atomic mass is 16.1. The average Bonchev–Trinajstić information content (AvgIpc) is 2.89. The third-order valence-electron chi connectivity index (χ3n) is 4.30. The van der Waals surface area contributed by atoms with E-state index in [1.807, 2.05) is 37.3 Å². The molecule has 0 aliphatic heterocycles. The lowest BCUT2D eigenvalue weighted by Gasteiger charge is -2.12. The first kappa shape index (κ1) is 13.1. The topological polar surface area (TPSA) is 45.8 Å². The minimum Gasteiger partial charge on any atom is -0.310 e. The van der Waals surface area contributed by atoms with E-state index < -0.39 is 0 Å². The van der Waals surface area contributed by atoms with Crippen LogP contribution in [0.3, 0.4) is 0 Å². The first-order chi connectivity index (χ1) is 9.65. The molecule has 1 fully saturated rings. The molecule has 0 bridgehead atoms. The number of nitrogens with one attached hydrogen (secondary N) is 1. The van der Waals surface area contributed by atoms with Gasteiger partial charge in [-0.15, -0.1) is 0 Å². The lowest BCUT2D eigenvalue weighted by Crippen LogP contribution is -2.17. The zero-order chi connectivity index (χ0) is 14.1. The number of rotatable bonds is 2. The molecule has 0 amide bonds. The summed E-state index contributed by atoms with van der Waals surface area (Å²) in [4.78, 5) is 19.9. The van der Waals surface area contributed by atoms with Gasteiger partial charge in [0, 0.05) is 17.0 Å². The molecule has 3 heteroatoms. The molecule has 0 saturated heterocycles. The lowest BCUT2D eigenvalue weighted by atomic mass is 10.0. The molecule has 3 nitrogen and oxygen atoms in total. The molecule has 3 rings (SSSR count). The number of hydrogen-bond donors (Lipinski definition) is 1. The van der Waals surface area contributed by atoms with Gasteiger partial charge in [0.25, 0.3) is 5.56 Å². The SMILES string of the molecule is Cc1c(-c2ccccc2)nc(C2CCC(C)C2)[nH]c1=O. The van der Waals surface area contributed by atoms with E-state index in [1.54, 1.807) is 0 Å². The van der Waals surface area contributed by atoms with E-state index in [1.165, 1.54) is 6.42 Å². The number of benzene rings is 1. The van der Waals surface area contributed by atoms with Crippen molar-refractivity contribution in [2.45, 2.75) is 39.0 Å². The van der Waals surface area contributed by atoms with Gasteiger partial charge in [-0.25, -0.2) is 4.98 Å². The Bertz CT molecular complexity index is 660. The predicted molar refractivity (Wildman–Crippen MR) is 80.8 cm³/mol. The van der Waals surface area contributed by atoms with E-state index in [2.05, 4.69) is 11.9 Å². The van der Waals surface area contributed by atoms with Crippen molar-refractivity contribution in [1.29, 1.82) is 0 Å². The molecule has 0 radical (unpaired) electrons. The highest BCUT2D eigenvalue weighted by molar-refractivity contribution is 5.62. The van der Waals surface area contributed by atoms with Crippen LogP contribution in [0.15, 0.2) is 35.1 Å². The van der Waals surface area contributed by atoms with Gasteiger partial charge >= 0.3 is 0 Å². The van der Waals surface area contributed by atoms with Crippen LogP contribution in [0.4, 0.5) is 0 Å². The zero-order valence-electron chi connectivity index (χ0n) is 12.0. The fourth-order valence-corrected chi connectivity index (χ4v) is 3.08. The van der Waals surface area contributed by atoms with E-state index >= 15 is 0 Å². The molecular formula is C17H20N2O. The van der Waals surface area contributed by atoms with Crippen molar-refractivity contribution >= 4 is 0 Å². The molecule has 2 aromatic rings. The van der Waals surface area contributed by atoms with Crippen LogP contribution in [0.25, 0.3) is 11.3 Å². The summed E-state index contributed by atoms with van der Waals surface area (Å²) in [6.07, 6.45) is 3.48. The molecule has 1 aliphatic rings. The van der Waals surface area contributed by atoms with Crippen LogP contribution in [0.1, 0.15) is 43.5 Å². The number of aromatic amines is 1. The van der Waals surface area contributed by atoms with Gasteiger partial charge in [-0.3, -0.25) is 4.79 Å². The summed E-state index contributed by atoms with van der Waals surface area (Å²) in [5, 5.41) is 0. The molecule has 2 atom stereocenters. The number of aromatic nitrogens is 2. The maximum absolute atomic E-state index is 12.2. The summed E-state index contributed by atoms with van der Waals surface area (Å²) < 4.78 is 0. The first-order valence-electron chi connectivity index (χ1n) is 7.31. The summed E-state index contributed by atoms with van der Waals surface area (Å²) in [6, 6.07) is 9.96. The van der Waals surface area contributed by atoms with Gasteiger partial charge in [0.05, 0.1) is 5.69 Å². The van der Waals surface area contributed by atoms with Crippen LogP contribution in [0.5, 0.6) is 0 Å². The highest BCUT2D eigenvalue weighted by Gasteiger charge is 2.25. The largest absolute Gasteiger partial charge is 0.310 e. The quantitative estimate of drug-likeness (QED) is 0.903. The minimum absolute atomic E-state index is 0.00611. The Balaban J connectivity index is 2.07. The maximum Gasteiger partial charge on any atom is 0.254 e. The highest BCUT2D eigenvalue weighted by Crippen LogP contribution is 2.36. The molecule has 104 valence electrons. The standard InChI is InChI=1S/C17H20N2O/c1-11-8-9-14(10-11)16-18-15(12(2)17(20)19-16)13-6-4-3-5-7-13/h3-7,11,14H,8-10H2,1-2H3,(H,18,19,20). The molecule has 20 heavy (non-hydrogen) atoms. The third-order valence-corrected chi connectivity index (χ3v) is 4.30. The first-order valence-corrected chi connectivity index (χ1v) is 7.31. The summed E-state index contributed by atoms with van der Waals surface area (Å²) in [5.74, 6) is 2.00. The van der Waals surface area contributed by atoms with Crippen molar-refractivity contribution in [2.24, 2.45) is 5.92 Å². The van der Waals surface area contributed by atoms with Gasteiger partial charge in [-0.05, 0) is 32.1 Å². The van der Waals surface area contributed by atoms with Gasteiger partial charge in [0.2, 0.25) is 0 Å².